The van der Waals surface area contributed by atoms with Crippen molar-refractivity contribution in [1.82, 2.24) is 10.2 Å². The molecule has 5 nitrogen and oxygen atoms in total. The summed E-state index contributed by atoms with van der Waals surface area (Å²) >= 11 is 0. The first-order chi connectivity index (χ1) is 11.0. The molecule has 0 unspecified atom stereocenters. The Morgan fingerprint density at radius 1 is 1.04 bits per heavy atom. The van der Waals surface area contributed by atoms with Crippen LogP contribution in [-0.2, 0) is 4.79 Å². The van der Waals surface area contributed by atoms with Crippen molar-refractivity contribution in [2.45, 2.75) is 46.6 Å². The highest BCUT2D eigenvalue weighted by Crippen LogP contribution is 2.12. The molecule has 0 aliphatic rings. The van der Waals surface area contributed by atoms with Gasteiger partial charge in [0.2, 0.25) is 5.91 Å². The minimum atomic E-state index is -0.0442. The first-order valence-electron chi connectivity index (χ1n) is 8.40. The van der Waals surface area contributed by atoms with E-state index in [9.17, 15) is 9.59 Å². The molecule has 128 valence electrons. The number of benzene rings is 1. The van der Waals surface area contributed by atoms with Crippen LogP contribution < -0.4 is 10.6 Å². The second kappa shape index (κ2) is 9.87. The Labute approximate surface area is 139 Å². The molecule has 0 fully saturated rings. The first-order valence-corrected chi connectivity index (χ1v) is 8.40. The van der Waals surface area contributed by atoms with Crippen molar-refractivity contribution in [1.29, 1.82) is 0 Å². The van der Waals surface area contributed by atoms with E-state index < -0.39 is 0 Å². The minimum Gasteiger partial charge on any atom is -0.376 e. The van der Waals surface area contributed by atoms with Gasteiger partial charge in [0.05, 0.1) is 6.54 Å². The first kappa shape index (κ1) is 19.0. The van der Waals surface area contributed by atoms with Crippen molar-refractivity contribution in [3.63, 3.8) is 0 Å². The zero-order valence-corrected chi connectivity index (χ0v) is 14.7. The molecule has 2 N–H and O–H groups in total. The van der Waals surface area contributed by atoms with Crippen LogP contribution in [0.5, 0.6) is 0 Å². The topological polar surface area (TPSA) is 61.4 Å². The largest absolute Gasteiger partial charge is 0.376 e. The van der Waals surface area contributed by atoms with Gasteiger partial charge in [0.1, 0.15) is 0 Å². The van der Waals surface area contributed by atoms with Crippen LogP contribution in [-0.4, -0.2) is 42.4 Å². The number of nitrogens with one attached hydrogen (secondary N) is 2. The second-order valence-electron chi connectivity index (χ2n) is 5.95. The summed E-state index contributed by atoms with van der Waals surface area (Å²) in [5.74, 6) is 0.0232. The summed E-state index contributed by atoms with van der Waals surface area (Å²) in [4.78, 5) is 26.0. The molecule has 0 saturated heterocycles. The predicted molar refractivity (Wildman–Crippen MR) is 94.7 cm³/mol. The summed E-state index contributed by atoms with van der Waals surface area (Å²) < 4.78 is 0. The highest BCUT2D eigenvalue weighted by molar-refractivity contribution is 5.94. The maximum Gasteiger partial charge on any atom is 0.253 e. The highest BCUT2D eigenvalue weighted by Gasteiger charge is 2.14. The standard InChI is InChI=1S/C18H29N3O2/c1-5-11-21(12-6-2)18(23)15-7-9-16(10-8-15)19-13-17(22)20-14(3)4/h7-10,14,19H,5-6,11-13H2,1-4H3,(H,20,22). The van der Waals surface area contributed by atoms with Gasteiger partial charge in [0.15, 0.2) is 0 Å². The molecule has 0 spiro atoms. The Balaban J connectivity index is 2.61. The fraction of sp³-hybridized carbons (Fsp3) is 0.556. The number of rotatable bonds is 9. The van der Waals surface area contributed by atoms with Gasteiger partial charge in [-0.3, -0.25) is 9.59 Å². The molecule has 0 atom stereocenters. The number of amides is 2. The smallest absolute Gasteiger partial charge is 0.253 e. The Hall–Kier alpha value is -2.04. The van der Waals surface area contributed by atoms with Crippen LogP contribution in [0.15, 0.2) is 24.3 Å². The van der Waals surface area contributed by atoms with Crippen molar-refractivity contribution >= 4 is 17.5 Å². The van der Waals surface area contributed by atoms with Crippen molar-refractivity contribution in [2.24, 2.45) is 0 Å². The molecule has 0 saturated carbocycles. The van der Waals surface area contributed by atoms with E-state index in [0.717, 1.165) is 31.6 Å². The van der Waals surface area contributed by atoms with Gasteiger partial charge in [0, 0.05) is 30.4 Å². The van der Waals surface area contributed by atoms with E-state index in [1.807, 2.05) is 43.0 Å². The maximum atomic E-state index is 12.5. The molecular formula is C18H29N3O2. The summed E-state index contributed by atoms with van der Waals surface area (Å²) in [5, 5.41) is 5.88. The zero-order valence-electron chi connectivity index (χ0n) is 14.7. The van der Waals surface area contributed by atoms with Crippen LogP contribution in [0.1, 0.15) is 50.9 Å². The lowest BCUT2D eigenvalue weighted by Gasteiger charge is -2.21. The van der Waals surface area contributed by atoms with Gasteiger partial charge in [-0.2, -0.15) is 0 Å². The molecule has 1 aromatic rings. The van der Waals surface area contributed by atoms with Gasteiger partial charge < -0.3 is 15.5 Å². The Morgan fingerprint density at radius 2 is 1.61 bits per heavy atom. The van der Waals surface area contributed by atoms with Gasteiger partial charge >= 0.3 is 0 Å². The lowest BCUT2D eigenvalue weighted by molar-refractivity contribution is -0.119. The van der Waals surface area contributed by atoms with Gasteiger partial charge in [-0.05, 0) is 51.0 Å². The zero-order chi connectivity index (χ0) is 17.2. The van der Waals surface area contributed by atoms with E-state index in [2.05, 4.69) is 24.5 Å². The molecule has 23 heavy (non-hydrogen) atoms. The van der Waals surface area contributed by atoms with Crippen LogP contribution in [0.25, 0.3) is 0 Å². The third-order valence-corrected chi connectivity index (χ3v) is 3.31. The normalized spacial score (nSPS) is 10.5. The molecule has 2 amide bonds. The van der Waals surface area contributed by atoms with E-state index in [4.69, 9.17) is 0 Å². The third-order valence-electron chi connectivity index (χ3n) is 3.31. The lowest BCUT2D eigenvalue weighted by Crippen LogP contribution is -2.34. The van der Waals surface area contributed by atoms with Gasteiger partial charge in [0.25, 0.3) is 5.91 Å². The molecule has 0 heterocycles. The fourth-order valence-corrected chi connectivity index (χ4v) is 2.32. The van der Waals surface area contributed by atoms with Crippen LogP contribution in [0.3, 0.4) is 0 Å². The number of anilines is 1. The Bertz CT molecular complexity index is 491. The number of hydrogen-bond donors (Lipinski definition) is 2. The van der Waals surface area contributed by atoms with Crippen molar-refractivity contribution in [3.05, 3.63) is 29.8 Å². The van der Waals surface area contributed by atoms with Gasteiger partial charge in [-0.15, -0.1) is 0 Å². The lowest BCUT2D eigenvalue weighted by atomic mass is 10.1. The van der Waals surface area contributed by atoms with Crippen LogP contribution >= 0.6 is 0 Å². The number of carbonyl (C=O) groups excluding carboxylic acids is 2. The van der Waals surface area contributed by atoms with Crippen LogP contribution in [0.2, 0.25) is 0 Å². The summed E-state index contributed by atoms with van der Waals surface area (Å²) in [7, 11) is 0. The quantitative estimate of drug-likeness (QED) is 0.736. The van der Waals surface area contributed by atoms with Crippen molar-refractivity contribution in [3.8, 4) is 0 Å². The maximum absolute atomic E-state index is 12.5. The highest BCUT2D eigenvalue weighted by atomic mass is 16.2. The van der Waals surface area contributed by atoms with Crippen molar-refractivity contribution < 1.29 is 9.59 Å². The molecule has 1 aromatic carbocycles. The Kier molecular flexibility index (Phi) is 8.16. The van der Waals surface area contributed by atoms with E-state index in [-0.39, 0.29) is 24.4 Å². The van der Waals surface area contributed by atoms with Crippen molar-refractivity contribution in [2.75, 3.05) is 25.0 Å². The summed E-state index contributed by atoms with van der Waals surface area (Å²) in [6, 6.07) is 7.43. The van der Waals surface area contributed by atoms with E-state index in [1.165, 1.54) is 0 Å². The van der Waals surface area contributed by atoms with E-state index >= 15 is 0 Å². The monoisotopic (exact) mass is 319 g/mol. The second-order valence-corrected chi connectivity index (χ2v) is 5.95. The van der Waals surface area contributed by atoms with E-state index in [0.29, 0.717) is 5.56 Å². The molecule has 0 aliphatic heterocycles. The van der Waals surface area contributed by atoms with Gasteiger partial charge in [-0.1, -0.05) is 13.8 Å². The average molecular weight is 319 g/mol. The molecule has 0 aliphatic carbocycles. The summed E-state index contributed by atoms with van der Waals surface area (Å²) in [6.45, 7) is 9.79. The summed E-state index contributed by atoms with van der Waals surface area (Å²) in [6.07, 6.45) is 1.91. The molecule has 0 bridgehead atoms. The minimum absolute atomic E-state index is 0.0442. The molecule has 5 heteroatoms. The van der Waals surface area contributed by atoms with Gasteiger partial charge in [-0.25, -0.2) is 0 Å². The SMILES string of the molecule is CCCN(CCC)C(=O)c1ccc(NCC(=O)NC(C)C)cc1. The third kappa shape index (κ3) is 6.72. The molecule has 0 radical (unpaired) electrons. The van der Waals surface area contributed by atoms with E-state index in [1.54, 1.807) is 0 Å². The average Bonchev–Trinajstić information content (AvgIpc) is 2.52. The fourth-order valence-electron chi connectivity index (χ4n) is 2.32. The predicted octanol–water partition coefficient (Wildman–Crippen LogP) is 2.89. The van der Waals surface area contributed by atoms with Crippen LogP contribution in [0.4, 0.5) is 5.69 Å². The summed E-state index contributed by atoms with van der Waals surface area (Å²) in [5.41, 5.74) is 1.52. The number of carbonyl (C=O) groups is 2. The Morgan fingerprint density at radius 3 is 2.09 bits per heavy atom. The molecular weight excluding hydrogens is 290 g/mol. The number of nitrogens with zero attached hydrogens (tertiary/aromatic N) is 1. The molecule has 0 aromatic heterocycles. The van der Waals surface area contributed by atoms with Crippen LogP contribution in [0, 0.1) is 0 Å². The number of hydrogen-bond acceptors (Lipinski definition) is 3. The molecule has 1 rings (SSSR count).